The molecule has 2 rings (SSSR count). The Morgan fingerprint density at radius 1 is 1.28 bits per heavy atom. The van der Waals surface area contributed by atoms with Gasteiger partial charge in [-0.1, -0.05) is 0 Å². The third-order valence-electron chi connectivity index (χ3n) is 2.97. The summed E-state index contributed by atoms with van der Waals surface area (Å²) in [5.41, 5.74) is 0.0528. The Labute approximate surface area is 106 Å². The van der Waals surface area contributed by atoms with Crippen LogP contribution in [0.25, 0.3) is 10.8 Å². The molecule has 18 heavy (non-hydrogen) atoms. The maximum absolute atomic E-state index is 12.2. The van der Waals surface area contributed by atoms with Crippen LogP contribution in [0.4, 0.5) is 0 Å². The van der Waals surface area contributed by atoms with E-state index < -0.39 is 0 Å². The zero-order valence-electron chi connectivity index (χ0n) is 11.0. The van der Waals surface area contributed by atoms with E-state index in [1.807, 2.05) is 44.6 Å². The molecule has 0 aliphatic carbocycles. The largest absolute Gasteiger partial charge is 0.497 e. The van der Waals surface area contributed by atoms with Crippen molar-refractivity contribution in [3.63, 3.8) is 0 Å². The second-order valence-corrected chi connectivity index (χ2v) is 4.57. The Kier molecular flexibility index (Phi) is 3.67. The van der Waals surface area contributed by atoms with E-state index in [1.54, 1.807) is 11.7 Å². The first-order valence-corrected chi connectivity index (χ1v) is 5.94. The van der Waals surface area contributed by atoms with Crippen molar-refractivity contribution in [2.45, 2.75) is 6.54 Å². The molecule has 96 valence electrons. The van der Waals surface area contributed by atoms with Gasteiger partial charge in [-0.15, -0.1) is 0 Å². The highest BCUT2D eigenvalue weighted by molar-refractivity contribution is 5.82. The third kappa shape index (κ3) is 2.54. The Hall–Kier alpha value is -1.81. The number of rotatable bonds is 4. The molecule has 0 saturated carbocycles. The van der Waals surface area contributed by atoms with Crippen LogP contribution in [-0.2, 0) is 6.54 Å². The van der Waals surface area contributed by atoms with Gasteiger partial charge in [0.1, 0.15) is 5.75 Å². The average Bonchev–Trinajstić information content (AvgIpc) is 2.37. The molecule has 0 aliphatic rings. The summed E-state index contributed by atoms with van der Waals surface area (Å²) >= 11 is 0. The number of likely N-dealkylation sites (N-methyl/N-ethyl adjacent to an activating group) is 1. The molecule has 0 atom stereocenters. The fraction of sp³-hybridized carbons (Fsp3) is 0.357. The molecule has 0 spiro atoms. The Balaban J connectivity index is 2.42. The molecule has 2 aromatic rings. The molecule has 1 aromatic heterocycles. The van der Waals surface area contributed by atoms with Crippen molar-refractivity contribution in [2.24, 2.45) is 0 Å². The lowest BCUT2D eigenvalue weighted by atomic mass is 10.1. The van der Waals surface area contributed by atoms with Crippen molar-refractivity contribution >= 4 is 10.8 Å². The summed E-state index contributed by atoms with van der Waals surface area (Å²) < 4.78 is 6.90. The Morgan fingerprint density at radius 3 is 2.72 bits per heavy atom. The lowest BCUT2D eigenvalue weighted by Gasteiger charge is -2.12. The molecule has 4 nitrogen and oxygen atoms in total. The van der Waals surface area contributed by atoms with Crippen molar-refractivity contribution in [2.75, 3.05) is 27.7 Å². The lowest BCUT2D eigenvalue weighted by molar-refractivity contribution is 0.381. The molecule has 1 aromatic carbocycles. The number of fused-ring (bicyclic) bond motifs is 1. The maximum Gasteiger partial charge on any atom is 0.258 e. The minimum Gasteiger partial charge on any atom is -0.497 e. The van der Waals surface area contributed by atoms with Gasteiger partial charge in [0.15, 0.2) is 0 Å². The fourth-order valence-electron chi connectivity index (χ4n) is 1.88. The van der Waals surface area contributed by atoms with Gasteiger partial charge in [-0.25, -0.2) is 0 Å². The highest BCUT2D eigenvalue weighted by Gasteiger charge is 2.04. The molecule has 0 saturated heterocycles. The molecule has 0 unspecified atom stereocenters. The smallest absolute Gasteiger partial charge is 0.258 e. The normalized spacial score (nSPS) is 11.1. The van der Waals surface area contributed by atoms with Gasteiger partial charge >= 0.3 is 0 Å². The summed E-state index contributed by atoms with van der Waals surface area (Å²) in [6.45, 7) is 1.55. The van der Waals surface area contributed by atoms with Crippen LogP contribution < -0.4 is 10.3 Å². The van der Waals surface area contributed by atoms with Gasteiger partial charge in [0, 0.05) is 24.7 Å². The fourth-order valence-corrected chi connectivity index (χ4v) is 1.88. The Morgan fingerprint density at radius 2 is 2.06 bits per heavy atom. The van der Waals surface area contributed by atoms with Crippen molar-refractivity contribution in [1.29, 1.82) is 0 Å². The molecule has 0 N–H and O–H groups in total. The average molecular weight is 246 g/mol. The van der Waals surface area contributed by atoms with E-state index in [0.29, 0.717) is 6.54 Å². The number of ether oxygens (including phenoxy) is 1. The standard InChI is InChI=1S/C14H18N2O2/c1-15(2)8-9-16-7-6-11-10-12(18-3)4-5-13(11)14(16)17/h4-7,10H,8-9H2,1-3H3. The second-order valence-electron chi connectivity index (χ2n) is 4.57. The lowest BCUT2D eigenvalue weighted by Crippen LogP contribution is -2.26. The summed E-state index contributed by atoms with van der Waals surface area (Å²) in [6, 6.07) is 7.48. The van der Waals surface area contributed by atoms with E-state index >= 15 is 0 Å². The van der Waals surface area contributed by atoms with E-state index in [2.05, 4.69) is 4.90 Å². The quantitative estimate of drug-likeness (QED) is 0.821. The number of pyridine rings is 1. The van der Waals surface area contributed by atoms with Crippen LogP contribution in [0.2, 0.25) is 0 Å². The first-order chi connectivity index (χ1) is 8.61. The zero-order valence-corrected chi connectivity index (χ0v) is 11.0. The van der Waals surface area contributed by atoms with Gasteiger partial charge in [0.25, 0.3) is 5.56 Å². The highest BCUT2D eigenvalue weighted by Crippen LogP contribution is 2.17. The highest BCUT2D eigenvalue weighted by atomic mass is 16.5. The summed E-state index contributed by atoms with van der Waals surface area (Å²) in [4.78, 5) is 14.3. The number of hydrogen-bond donors (Lipinski definition) is 0. The molecule has 0 fully saturated rings. The van der Waals surface area contributed by atoms with Crippen LogP contribution in [0.3, 0.4) is 0 Å². The van der Waals surface area contributed by atoms with Crippen LogP contribution in [0.1, 0.15) is 0 Å². The molecule has 0 radical (unpaired) electrons. The maximum atomic E-state index is 12.2. The predicted octanol–water partition coefficient (Wildman–Crippen LogP) is 1.57. The van der Waals surface area contributed by atoms with Crippen LogP contribution in [0.15, 0.2) is 35.3 Å². The van der Waals surface area contributed by atoms with Gasteiger partial charge in [0.2, 0.25) is 0 Å². The molecule has 4 heteroatoms. The van der Waals surface area contributed by atoms with Crippen LogP contribution >= 0.6 is 0 Å². The third-order valence-corrected chi connectivity index (χ3v) is 2.97. The van der Waals surface area contributed by atoms with Crippen LogP contribution in [-0.4, -0.2) is 37.2 Å². The minimum absolute atomic E-state index is 0.0528. The van der Waals surface area contributed by atoms with Crippen molar-refractivity contribution in [1.82, 2.24) is 9.47 Å². The summed E-state index contributed by atoms with van der Waals surface area (Å²) in [5.74, 6) is 0.771. The van der Waals surface area contributed by atoms with Gasteiger partial charge in [-0.3, -0.25) is 4.79 Å². The van der Waals surface area contributed by atoms with Gasteiger partial charge in [0.05, 0.1) is 7.11 Å². The first-order valence-electron chi connectivity index (χ1n) is 5.94. The van der Waals surface area contributed by atoms with Crippen LogP contribution in [0, 0.1) is 0 Å². The van der Waals surface area contributed by atoms with Gasteiger partial charge in [-0.05, 0) is 43.7 Å². The van der Waals surface area contributed by atoms with E-state index in [1.165, 1.54) is 0 Å². The summed E-state index contributed by atoms with van der Waals surface area (Å²) in [5, 5.41) is 1.65. The van der Waals surface area contributed by atoms with Crippen molar-refractivity contribution < 1.29 is 4.74 Å². The van der Waals surface area contributed by atoms with E-state index in [4.69, 9.17) is 4.74 Å². The van der Waals surface area contributed by atoms with Crippen LogP contribution in [0.5, 0.6) is 5.75 Å². The molecular formula is C14H18N2O2. The predicted molar refractivity (Wildman–Crippen MR) is 73.3 cm³/mol. The monoisotopic (exact) mass is 246 g/mol. The molecule has 0 bridgehead atoms. The number of benzene rings is 1. The van der Waals surface area contributed by atoms with Crippen molar-refractivity contribution in [3.05, 3.63) is 40.8 Å². The summed E-state index contributed by atoms with van der Waals surface area (Å²) in [7, 11) is 5.62. The van der Waals surface area contributed by atoms with E-state index in [0.717, 1.165) is 23.1 Å². The first kappa shape index (κ1) is 12.6. The number of nitrogens with zero attached hydrogens (tertiary/aromatic N) is 2. The SMILES string of the molecule is COc1ccc2c(=O)n(CCN(C)C)ccc2c1. The number of methoxy groups -OCH3 is 1. The van der Waals surface area contributed by atoms with Crippen molar-refractivity contribution in [3.8, 4) is 5.75 Å². The molecular weight excluding hydrogens is 228 g/mol. The summed E-state index contributed by atoms with van der Waals surface area (Å²) in [6.07, 6.45) is 1.84. The topological polar surface area (TPSA) is 34.5 Å². The Bertz CT molecular complexity index is 602. The minimum atomic E-state index is 0.0528. The second kappa shape index (κ2) is 5.23. The van der Waals surface area contributed by atoms with E-state index in [-0.39, 0.29) is 5.56 Å². The zero-order chi connectivity index (χ0) is 13.1. The number of hydrogen-bond acceptors (Lipinski definition) is 3. The molecule has 1 heterocycles. The number of aromatic nitrogens is 1. The van der Waals surface area contributed by atoms with Gasteiger partial charge in [-0.2, -0.15) is 0 Å². The van der Waals surface area contributed by atoms with Gasteiger partial charge < -0.3 is 14.2 Å². The van der Waals surface area contributed by atoms with E-state index in [9.17, 15) is 4.79 Å². The molecule has 0 aliphatic heterocycles. The molecule has 0 amide bonds.